The average Bonchev–Trinajstić information content (AvgIpc) is 2.28. The summed E-state index contributed by atoms with van der Waals surface area (Å²) in [5.41, 5.74) is 6.78. The van der Waals surface area contributed by atoms with E-state index in [1.165, 1.54) is 0 Å². The van der Waals surface area contributed by atoms with Gasteiger partial charge < -0.3 is 15.8 Å². The van der Waals surface area contributed by atoms with Crippen molar-refractivity contribution in [1.82, 2.24) is 9.97 Å². The molecule has 2 aromatic rings. The molecule has 0 spiro atoms. The van der Waals surface area contributed by atoms with Crippen molar-refractivity contribution in [1.29, 1.82) is 0 Å². The van der Waals surface area contributed by atoms with E-state index in [2.05, 4.69) is 9.97 Å². The number of aromatic nitrogens is 2. The van der Waals surface area contributed by atoms with Crippen molar-refractivity contribution in [3.05, 3.63) is 46.2 Å². The normalized spacial score (nSPS) is 10.3. The Bertz CT molecular complexity index is 563. The third-order valence-corrected chi connectivity index (χ3v) is 2.16. The van der Waals surface area contributed by atoms with Gasteiger partial charge in [0.15, 0.2) is 0 Å². The van der Waals surface area contributed by atoms with Crippen molar-refractivity contribution in [3.8, 4) is 17.3 Å². The predicted molar refractivity (Wildman–Crippen MR) is 59.8 cm³/mol. The minimum absolute atomic E-state index is 0.295. The molecule has 1 aromatic carbocycles. The van der Waals surface area contributed by atoms with Crippen LogP contribution < -0.4 is 11.3 Å². The van der Waals surface area contributed by atoms with Gasteiger partial charge in [-0.25, -0.2) is 0 Å². The molecule has 4 N–H and O–H groups in total. The number of nitrogens with one attached hydrogen (secondary N) is 1. The maximum absolute atomic E-state index is 11.2. The van der Waals surface area contributed by atoms with Crippen molar-refractivity contribution >= 4 is 0 Å². The molecule has 0 saturated carbocycles. The van der Waals surface area contributed by atoms with Crippen LogP contribution in [0.25, 0.3) is 11.4 Å². The molecule has 0 bridgehead atoms. The first-order chi connectivity index (χ1) is 7.69. The topological polar surface area (TPSA) is 92.0 Å². The van der Waals surface area contributed by atoms with Crippen molar-refractivity contribution in [2.45, 2.75) is 6.54 Å². The summed E-state index contributed by atoms with van der Waals surface area (Å²) in [5.74, 6) is 0.0391. The maximum Gasteiger partial charge on any atom is 0.254 e. The summed E-state index contributed by atoms with van der Waals surface area (Å²) in [7, 11) is 0. The number of rotatable bonds is 2. The molecular formula is C11H11N3O2. The maximum atomic E-state index is 11.2. The molecule has 1 heterocycles. The molecule has 0 atom stereocenters. The Balaban J connectivity index is 2.53. The third kappa shape index (κ3) is 2.09. The van der Waals surface area contributed by atoms with Gasteiger partial charge in [-0.15, -0.1) is 0 Å². The van der Waals surface area contributed by atoms with Crippen molar-refractivity contribution in [2.75, 3.05) is 0 Å². The molecule has 5 nitrogen and oxygen atoms in total. The molecule has 0 amide bonds. The largest absolute Gasteiger partial charge is 0.493 e. The zero-order chi connectivity index (χ0) is 11.5. The highest BCUT2D eigenvalue weighted by Gasteiger charge is 2.03. The monoisotopic (exact) mass is 217 g/mol. The van der Waals surface area contributed by atoms with Gasteiger partial charge in [0.05, 0.1) is 6.07 Å². The molecule has 2 rings (SSSR count). The summed E-state index contributed by atoms with van der Waals surface area (Å²) in [6.07, 6.45) is 0. The number of nitrogens with zero attached hydrogens (tertiary/aromatic N) is 1. The molecule has 16 heavy (non-hydrogen) atoms. The van der Waals surface area contributed by atoms with Crippen LogP contribution in [0.3, 0.4) is 0 Å². The van der Waals surface area contributed by atoms with Crippen LogP contribution in [0.15, 0.2) is 35.1 Å². The Morgan fingerprint density at radius 1 is 1.38 bits per heavy atom. The standard InChI is InChI=1S/C11H11N3O2/c12-6-7-2-1-3-8(4-7)11-13-9(15)5-10(16)14-11/h1-5H,6,12H2,(H2,13,14,15,16). The van der Waals surface area contributed by atoms with Crippen LogP contribution in [0.5, 0.6) is 5.88 Å². The fourth-order valence-corrected chi connectivity index (χ4v) is 1.43. The van der Waals surface area contributed by atoms with E-state index in [1.807, 2.05) is 18.2 Å². The Labute approximate surface area is 91.6 Å². The highest BCUT2D eigenvalue weighted by Crippen LogP contribution is 2.16. The van der Waals surface area contributed by atoms with Gasteiger partial charge in [0.1, 0.15) is 5.82 Å². The second kappa shape index (κ2) is 4.16. The quantitative estimate of drug-likeness (QED) is 0.686. The lowest BCUT2D eigenvalue weighted by Gasteiger charge is -2.03. The van der Waals surface area contributed by atoms with Crippen molar-refractivity contribution in [3.63, 3.8) is 0 Å². The van der Waals surface area contributed by atoms with E-state index >= 15 is 0 Å². The highest BCUT2D eigenvalue weighted by molar-refractivity contribution is 5.56. The first-order valence-corrected chi connectivity index (χ1v) is 4.79. The van der Waals surface area contributed by atoms with Crippen LogP contribution in [-0.4, -0.2) is 15.1 Å². The van der Waals surface area contributed by atoms with E-state index < -0.39 is 0 Å². The van der Waals surface area contributed by atoms with Crippen LogP contribution in [-0.2, 0) is 6.54 Å². The summed E-state index contributed by atoms with van der Waals surface area (Å²) in [6.45, 7) is 0.414. The Morgan fingerprint density at radius 2 is 2.19 bits per heavy atom. The molecule has 0 aliphatic heterocycles. The van der Waals surface area contributed by atoms with Gasteiger partial charge in [0.25, 0.3) is 5.56 Å². The Morgan fingerprint density at radius 3 is 2.88 bits per heavy atom. The lowest BCUT2D eigenvalue weighted by molar-refractivity contribution is 0.452. The zero-order valence-electron chi connectivity index (χ0n) is 8.47. The summed E-state index contributed by atoms with van der Waals surface area (Å²) in [5, 5.41) is 9.23. The van der Waals surface area contributed by atoms with Crippen LogP contribution in [0, 0.1) is 0 Å². The smallest absolute Gasteiger partial charge is 0.254 e. The lowest BCUT2D eigenvalue weighted by atomic mass is 10.1. The number of aromatic amines is 1. The highest BCUT2D eigenvalue weighted by atomic mass is 16.3. The summed E-state index contributed by atoms with van der Waals surface area (Å²) < 4.78 is 0. The lowest BCUT2D eigenvalue weighted by Crippen LogP contribution is -2.07. The number of aromatic hydroxyl groups is 1. The van der Waals surface area contributed by atoms with Gasteiger partial charge in [-0.1, -0.05) is 18.2 Å². The molecular weight excluding hydrogens is 206 g/mol. The second-order valence-electron chi connectivity index (χ2n) is 3.36. The van der Waals surface area contributed by atoms with Gasteiger partial charge in [0.2, 0.25) is 5.88 Å². The van der Waals surface area contributed by atoms with E-state index in [0.29, 0.717) is 12.4 Å². The zero-order valence-corrected chi connectivity index (χ0v) is 8.47. The number of hydrogen-bond donors (Lipinski definition) is 3. The van der Waals surface area contributed by atoms with E-state index in [4.69, 9.17) is 5.73 Å². The molecule has 0 saturated heterocycles. The van der Waals surface area contributed by atoms with Crippen LogP contribution >= 0.6 is 0 Å². The minimum Gasteiger partial charge on any atom is -0.493 e. The van der Waals surface area contributed by atoms with Gasteiger partial charge >= 0.3 is 0 Å². The Kier molecular flexibility index (Phi) is 2.70. The molecule has 0 radical (unpaired) electrons. The van der Waals surface area contributed by atoms with Crippen LogP contribution in [0.1, 0.15) is 5.56 Å². The number of nitrogens with two attached hydrogens (primary N) is 1. The van der Waals surface area contributed by atoms with Crippen LogP contribution in [0.4, 0.5) is 0 Å². The van der Waals surface area contributed by atoms with E-state index in [1.54, 1.807) is 6.07 Å². The predicted octanol–water partition coefficient (Wildman–Crippen LogP) is 0.601. The molecule has 0 unspecified atom stereocenters. The first-order valence-electron chi connectivity index (χ1n) is 4.79. The molecule has 0 aliphatic carbocycles. The average molecular weight is 217 g/mol. The molecule has 5 heteroatoms. The molecule has 0 aliphatic rings. The fourth-order valence-electron chi connectivity index (χ4n) is 1.43. The summed E-state index contributed by atoms with van der Waals surface area (Å²) in [6, 6.07) is 8.33. The minimum atomic E-state index is -0.388. The summed E-state index contributed by atoms with van der Waals surface area (Å²) >= 11 is 0. The summed E-state index contributed by atoms with van der Waals surface area (Å²) in [4.78, 5) is 17.5. The van der Waals surface area contributed by atoms with Gasteiger partial charge in [-0.2, -0.15) is 4.98 Å². The third-order valence-electron chi connectivity index (χ3n) is 2.16. The van der Waals surface area contributed by atoms with Gasteiger partial charge in [-0.3, -0.25) is 4.79 Å². The van der Waals surface area contributed by atoms with Gasteiger partial charge in [0, 0.05) is 12.1 Å². The number of H-pyrrole nitrogens is 1. The number of hydrogen-bond acceptors (Lipinski definition) is 4. The molecule has 0 fully saturated rings. The van der Waals surface area contributed by atoms with Gasteiger partial charge in [-0.05, 0) is 11.6 Å². The van der Waals surface area contributed by atoms with Crippen molar-refractivity contribution < 1.29 is 5.11 Å². The van der Waals surface area contributed by atoms with E-state index in [9.17, 15) is 9.90 Å². The van der Waals surface area contributed by atoms with E-state index in [0.717, 1.165) is 17.2 Å². The first kappa shape index (κ1) is 10.4. The van der Waals surface area contributed by atoms with Crippen molar-refractivity contribution in [2.24, 2.45) is 5.73 Å². The Hall–Kier alpha value is -2.14. The SMILES string of the molecule is NCc1cccc(-c2nc(O)cc(=O)[nH]2)c1. The second-order valence-corrected chi connectivity index (χ2v) is 3.36. The van der Waals surface area contributed by atoms with E-state index in [-0.39, 0.29) is 11.4 Å². The molecule has 82 valence electrons. The number of benzene rings is 1. The fraction of sp³-hybridized carbons (Fsp3) is 0.0909. The molecule has 1 aromatic heterocycles. The van der Waals surface area contributed by atoms with Crippen LogP contribution in [0.2, 0.25) is 0 Å².